The third kappa shape index (κ3) is 4.48. The molecule has 0 aliphatic carbocycles. The van der Waals surface area contributed by atoms with Gasteiger partial charge in [0, 0.05) is 31.5 Å². The number of ether oxygens (including phenoxy) is 1. The Labute approximate surface area is 177 Å². The number of carbonyl (C=O) groups is 1. The molecule has 5 nitrogen and oxygen atoms in total. The van der Waals surface area contributed by atoms with E-state index in [0.717, 1.165) is 46.3 Å². The second-order valence-electron chi connectivity index (χ2n) is 7.25. The second kappa shape index (κ2) is 8.87. The number of benzene rings is 2. The van der Waals surface area contributed by atoms with E-state index in [0.29, 0.717) is 19.5 Å². The number of rotatable bonds is 5. The first-order valence-electron chi connectivity index (χ1n) is 9.73. The molecule has 1 aliphatic heterocycles. The normalized spacial score (nSPS) is 14.7. The van der Waals surface area contributed by atoms with Crippen LogP contribution in [0, 0.1) is 11.6 Å². The van der Waals surface area contributed by atoms with Gasteiger partial charge in [-0.25, -0.2) is 8.78 Å². The summed E-state index contributed by atoms with van der Waals surface area (Å²) in [5.74, 6) is -0.866. The molecular formula is C22H21F2N3O2S. The highest BCUT2D eigenvalue weighted by atomic mass is 32.1. The number of hydrogen-bond acceptors (Lipinski definition) is 5. The molecule has 0 saturated carbocycles. The second-order valence-corrected chi connectivity index (χ2v) is 8.34. The van der Waals surface area contributed by atoms with Crippen LogP contribution in [-0.2, 0) is 6.42 Å². The largest absolute Gasteiger partial charge is 0.497 e. The number of halogens is 2. The van der Waals surface area contributed by atoms with E-state index >= 15 is 0 Å². The molecule has 156 valence electrons. The first kappa shape index (κ1) is 20.4. The zero-order chi connectivity index (χ0) is 21.1. The van der Waals surface area contributed by atoms with Crippen molar-refractivity contribution in [2.75, 3.05) is 20.2 Å². The average Bonchev–Trinajstić information content (AvgIpc) is 3.22. The Kier molecular flexibility index (Phi) is 6.03. The van der Waals surface area contributed by atoms with Gasteiger partial charge >= 0.3 is 0 Å². The molecule has 8 heteroatoms. The van der Waals surface area contributed by atoms with Crippen LogP contribution in [0.15, 0.2) is 42.5 Å². The first-order chi connectivity index (χ1) is 14.5. The summed E-state index contributed by atoms with van der Waals surface area (Å²) in [6.07, 6.45) is 2.19. The van der Waals surface area contributed by atoms with Crippen molar-refractivity contribution in [1.29, 1.82) is 0 Å². The molecular weight excluding hydrogens is 408 g/mol. The van der Waals surface area contributed by atoms with E-state index in [1.54, 1.807) is 23.3 Å². The fraction of sp³-hybridized carbons (Fsp3) is 0.318. The van der Waals surface area contributed by atoms with Crippen LogP contribution in [0.1, 0.15) is 44.7 Å². The Bertz CT molecular complexity index is 1030. The van der Waals surface area contributed by atoms with Crippen molar-refractivity contribution in [2.24, 2.45) is 0 Å². The van der Waals surface area contributed by atoms with Crippen molar-refractivity contribution < 1.29 is 18.3 Å². The molecule has 4 rings (SSSR count). The van der Waals surface area contributed by atoms with Gasteiger partial charge in [-0.1, -0.05) is 12.1 Å². The quantitative estimate of drug-likeness (QED) is 0.602. The minimum Gasteiger partial charge on any atom is -0.497 e. The van der Waals surface area contributed by atoms with Gasteiger partial charge < -0.3 is 9.64 Å². The van der Waals surface area contributed by atoms with Gasteiger partial charge in [0.1, 0.15) is 27.4 Å². The minimum atomic E-state index is -0.825. The highest BCUT2D eigenvalue weighted by Gasteiger charge is 2.28. The van der Waals surface area contributed by atoms with Crippen LogP contribution in [0.2, 0.25) is 0 Å². The van der Waals surface area contributed by atoms with Crippen molar-refractivity contribution in [3.8, 4) is 5.75 Å². The summed E-state index contributed by atoms with van der Waals surface area (Å²) < 4.78 is 32.2. The number of likely N-dealkylation sites (tertiary alicyclic amines) is 1. The Hall–Kier alpha value is -2.87. The Morgan fingerprint density at radius 1 is 1.13 bits per heavy atom. The molecule has 3 aromatic rings. The van der Waals surface area contributed by atoms with Gasteiger partial charge in [-0.3, -0.25) is 4.79 Å². The van der Waals surface area contributed by atoms with Crippen LogP contribution in [0.4, 0.5) is 8.78 Å². The Morgan fingerprint density at radius 2 is 1.87 bits per heavy atom. The highest BCUT2D eigenvalue weighted by Crippen LogP contribution is 2.31. The third-order valence-corrected chi connectivity index (χ3v) is 6.38. The summed E-state index contributed by atoms with van der Waals surface area (Å²) in [4.78, 5) is 14.2. The molecule has 1 saturated heterocycles. The van der Waals surface area contributed by atoms with Crippen molar-refractivity contribution in [3.63, 3.8) is 0 Å². The van der Waals surface area contributed by atoms with Crippen LogP contribution >= 0.6 is 11.3 Å². The lowest BCUT2D eigenvalue weighted by atomic mass is 9.97. The summed E-state index contributed by atoms with van der Waals surface area (Å²) in [5.41, 5.74) is 1.05. The fourth-order valence-electron chi connectivity index (χ4n) is 3.58. The van der Waals surface area contributed by atoms with Gasteiger partial charge in [0.25, 0.3) is 5.91 Å². The van der Waals surface area contributed by atoms with Gasteiger partial charge in [-0.05, 0) is 42.7 Å². The molecule has 1 aromatic heterocycles. The molecule has 0 spiro atoms. The molecule has 0 atom stereocenters. The minimum absolute atomic E-state index is 0.0902. The van der Waals surface area contributed by atoms with Crippen LogP contribution in [-0.4, -0.2) is 41.2 Å². The van der Waals surface area contributed by atoms with E-state index in [1.165, 1.54) is 6.07 Å². The number of methoxy groups -OCH3 is 1. The van der Waals surface area contributed by atoms with Crippen LogP contribution in [0.25, 0.3) is 0 Å². The lowest BCUT2D eigenvalue weighted by Gasteiger charge is -2.31. The van der Waals surface area contributed by atoms with E-state index in [2.05, 4.69) is 10.2 Å². The number of nitrogens with zero attached hydrogens (tertiary/aromatic N) is 3. The van der Waals surface area contributed by atoms with Crippen molar-refractivity contribution in [3.05, 3.63) is 75.2 Å². The maximum atomic E-state index is 13.9. The molecule has 0 bridgehead atoms. The highest BCUT2D eigenvalue weighted by molar-refractivity contribution is 7.11. The van der Waals surface area contributed by atoms with Gasteiger partial charge in [-0.15, -0.1) is 21.5 Å². The zero-order valence-electron chi connectivity index (χ0n) is 16.5. The zero-order valence-corrected chi connectivity index (χ0v) is 17.3. The SMILES string of the molecule is COc1ccc(Cc2nnc(C3CCN(C(=O)c4ccc(F)cc4F)CC3)s2)cc1. The van der Waals surface area contributed by atoms with Crippen LogP contribution in [0.3, 0.4) is 0 Å². The Morgan fingerprint density at radius 3 is 2.53 bits per heavy atom. The summed E-state index contributed by atoms with van der Waals surface area (Å²) in [7, 11) is 1.64. The molecule has 1 amide bonds. The maximum Gasteiger partial charge on any atom is 0.256 e. The van der Waals surface area contributed by atoms with Gasteiger partial charge in [0.05, 0.1) is 12.7 Å². The predicted molar refractivity (Wildman–Crippen MR) is 110 cm³/mol. The number of piperidine rings is 1. The lowest BCUT2D eigenvalue weighted by Crippen LogP contribution is -2.38. The van der Waals surface area contributed by atoms with E-state index in [-0.39, 0.29) is 11.5 Å². The summed E-state index contributed by atoms with van der Waals surface area (Å²) in [6.45, 7) is 1.02. The summed E-state index contributed by atoms with van der Waals surface area (Å²) >= 11 is 1.60. The van der Waals surface area contributed by atoms with Crippen LogP contribution < -0.4 is 4.74 Å². The van der Waals surface area contributed by atoms with E-state index in [9.17, 15) is 13.6 Å². The topological polar surface area (TPSA) is 55.3 Å². The fourth-order valence-corrected chi connectivity index (χ4v) is 4.63. The molecule has 2 aromatic carbocycles. The number of hydrogen-bond donors (Lipinski definition) is 0. The number of amides is 1. The number of carbonyl (C=O) groups excluding carboxylic acids is 1. The molecule has 0 radical (unpaired) electrons. The lowest BCUT2D eigenvalue weighted by molar-refractivity contribution is 0.0708. The first-order valence-corrected chi connectivity index (χ1v) is 10.5. The van der Waals surface area contributed by atoms with E-state index in [1.807, 2.05) is 24.3 Å². The van der Waals surface area contributed by atoms with Gasteiger partial charge in [0.2, 0.25) is 0 Å². The summed E-state index contributed by atoms with van der Waals surface area (Å²) in [6, 6.07) is 10.9. The molecule has 2 heterocycles. The average molecular weight is 429 g/mol. The van der Waals surface area contributed by atoms with E-state index in [4.69, 9.17) is 4.74 Å². The van der Waals surface area contributed by atoms with Crippen LogP contribution in [0.5, 0.6) is 5.75 Å². The van der Waals surface area contributed by atoms with Gasteiger partial charge in [0.15, 0.2) is 0 Å². The van der Waals surface area contributed by atoms with E-state index < -0.39 is 17.5 Å². The smallest absolute Gasteiger partial charge is 0.256 e. The Balaban J connectivity index is 1.35. The monoisotopic (exact) mass is 429 g/mol. The van der Waals surface area contributed by atoms with Crippen molar-refractivity contribution >= 4 is 17.2 Å². The summed E-state index contributed by atoms with van der Waals surface area (Å²) in [5, 5.41) is 10.6. The molecule has 30 heavy (non-hydrogen) atoms. The molecule has 0 N–H and O–H groups in total. The predicted octanol–water partition coefficient (Wildman–Crippen LogP) is 4.44. The standard InChI is InChI=1S/C22H21F2N3O2S/c1-29-17-5-2-14(3-6-17)12-20-25-26-21(30-20)15-8-10-27(11-9-15)22(28)18-7-4-16(23)13-19(18)24/h2-7,13,15H,8-12H2,1H3. The van der Waals surface area contributed by atoms with Gasteiger partial charge in [-0.2, -0.15) is 0 Å². The molecule has 1 fully saturated rings. The molecule has 1 aliphatic rings. The third-order valence-electron chi connectivity index (χ3n) is 5.29. The van der Waals surface area contributed by atoms with Crippen molar-refractivity contribution in [1.82, 2.24) is 15.1 Å². The maximum absolute atomic E-state index is 13.9. The van der Waals surface area contributed by atoms with Crippen molar-refractivity contribution in [2.45, 2.75) is 25.2 Å². The number of aromatic nitrogens is 2. The molecule has 0 unspecified atom stereocenters.